The minimum atomic E-state index is -0.325. The monoisotopic (exact) mass is 143 g/mol. The maximum Gasteiger partial charge on any atom is 0.0733 e. The summed E-state index contributed by atoms with van der Waals surface area (Å²) < 4.78 is 0. The third-order valence-corrected chi connectivity index (χ3v) is 2.59. The molecule has 2 bridgehead atoms. The third kappa shape index (κ3) is 0.856. The van der Waals surface area contributed by atoms with E-state index in [1.807, 2.05) is 0 Å². The van der Waals surface area contributed by atoms with Gasteiger partial charge in [-0.1, -0.05) is 0 Å². The summed E-state index contributed by atoms with van der Waals surface area (Å²) in [6.45, 7) is 0. The van der Waals surface area contributed by atoms with E-state index in [1.54, 1.807) is 0 Å². The van der Waals surface area contributed by atoms with Gasteiger partial charge in [0.05, 0.1) is 18.2 Å². The van der Waals surface area contributed by atoms with E-state index in [2.05, 4.69) is 5.32 Å². The number of hydrogen-bond donors (Lipinski definition) is 3. The van der Waals surface area contributed by atoms with Crippen molar-refractivity contribution in [3.05, 3.63) is 0 Å². The van der Waals surface area contributed by atoms with Gasteiger partial charge in [-0.15, -0.1) is 0 Å². The van der Waals surface area contributed by atoms with Crippen LogP contribution < -0.4 is 5.32 Å². The maximum absolute atomic E-state index is 9.35. The first-order chi connectivity index (χ1) is 4.77. The van der Waals surface area contributed by atoms with Crippen LogP contribution in [0.25, 0.3) is 0 Å². The predicted octanol–water partition coefficient (Wildman–Crippen LogP) is -0.768. The number of nitrogens with one attached hydrogen (secondary N) is 1. The second-order valence-corrected chi connectivity index (χ2v) is 3.34. The van der Waals surface area contributed by atoms with Crippen LogP contribution in [0.15, 0.2) is 0 Å². The number of rotatable bonds is 0. The Morgan fingerprint density at radius 2 is 1.90 bits per heavy atom. The molecule has 0 aromatic carbocycles. The molecule has 3 nitrogen and oxygen atoms in total. The Bertz CT molecular complexity index is 136. The molecular weight excluding hydrogens is 130 g/mol. The molecule has 0 amide bonds. The lowest BCUT2D eigenvalue weighted by Gasteiger charge is -2.26. The van der Waals surface area contributed by atoms with Crippen molar-refractivity contribution in [3.63, 3.8) is 0 Å². The zero-order valence-electron chi connectivity index (χ0n) is 5.83. The Labute approximate surface area is 60.1 Å². The maximum atomic E-state index is 9.35. The molecule has 2 rings (SSSR count). The van der Waals surface area contributed by atoms with E-state index in [0.717, 1.165) is 19.3 Å². The Morgan fingerprint density at radius 3 is 2.60 bits per heavy atom. The molecule has 2 aliphatic rings. The highest BCUT2D eigenvalue weighted by Crippen LogP contribution is 2.26. The molecule has 0 unspecified atom stereocenters. The molecule has 0 saturated carbocycles. The van der Waals surface area contributed by atoms with Crippen molar-refractivity contribution in [1.29, 1.82) is 0 Å². The van der Waals surface area contributed by atoms with Gasteiger partial charge in [0, 0.05) is 6.04 Å². The first-order valence-corrected chi connectivity index (χ1v) is 3.89. The van der Waals surface area contributed by atoms with Gasteiger partial charge in [0.2, 0.25) is 0 Å². The molecule has 2 saturated heterocycles. The van der Waals surface area contributed by atoms with Crippen LogP contribution in [0.3, 0.4) is 0 Å². The van der Waals surface area contributed by atoms with Crippen molar-refractivity contribution in [2.24, 2.45) is 0 Å². The molecule has 10 heavy (non-hydrogen) atoms. The highest BCUT2D eigenvalue weighted by Gasteiger charge is 2.40. The standard InChI is InChI=1S/C7H13NO2/c9-5-2-1-4-3-6(10)7(5)8-4/h4-10H,1-3H2/t4-,5+,6+,7+/m0/s1. The van der Waals surface area contributed by atoms with Crippen LogP contribution in [-0.2, 0) is 0 Å². The van der Waals surface area contributed by atoms with E-state index in [1.165, 1.54) is 0 Å². The molecular formula is C7H13NO2. The summed E-state index contributed by atoms with van der Waals surface area (Å²) in [6, 6.07) is 0.419. The first kappa shape index (κ1) is 6.58. The molecule has 3 N–H and O–H groups in total. The number of hydrogen-bond acceptors (Lipinski definition) is 3. The van der Waals surface area contributed by atoms with E-state index in [4.69, 9.17) is 0 Å². The van der Waals surface area contributed by atoms with Gasteiger partial charge in [0.15, 0.2) is 0 Å². The lowest BCUT2D eigenvalue weighted by Crippen LogP contribution is -2.46. The van der Waals surface area contributed by atoms with Crippen LogP contribution in [0.1, 0.15) is 19.3 Å². The third-order valence-electron chi connectivity index (χ3n) is 2.59. The van der Waals surface area contributed by atoms with Gasteiger partial charge in [-0.25, -0.2) is 0 Å². The second-order valence-electron chi connectivity index (χ2n) is 3.34. The fourth-order valence-corrected chi connectivity index (χ4v) is 2.01. The molecule has 4 atom stereocenters. The van der Waals surface area contributed by atoms with Gasteiger partial charge in [-0.3, -0.25) is 0 Å². The lowest BCUT2D eigenvalue weighted by atomic mass is 10.0. The normalized spacial score (nSPS) is 53.4. The molecule has 2 heterocycles. The van der Waals surface area contributed by atoms with Crippen molar-refractivity contribution < 1.29 is 10.2 Å². The van der Waals surface area contributed by atoms with Gasteiger partial charge in [0.25, 0.3) is 0 Å². The zero-order valence-corrected chi connectivity index (χ0v) is 5.83. The Morgan fingerprint density at radius 1 is 1.10 bits per heavy atom. The van der Waals surface area contributed by atoms with E-state index < -0.39 is 0 Å². The van der Waals surface area contributed by atoms with Crippen LogP contribution in [0, 0.1) is 0 Å². The van der Waals surface area contributed by atoms with Crippen molar-refractivity contribution >= 4 is 0 Å². The van der Waals surface area contributed by atoms with E-state index >= 15 is 0 Å². The first-order valence-electron chi connectivity index (χ1n) is 3.89. The molecule has 58 valence electrons. The average molecular weight is 143 g/mol. The molecule has 2 fully saturated rings. The molecule has 2 aliphatic heterocycles. The summed E-state index contributed by atoms with van der Waals surface area (Å²) in [7, 11) is 0. The quantitative estimate of drug-likeness (QED) is 0.417. The van der Waals surface area contributed by atoms with E-state index in [-0.39, 0.29) is 18.2 Å². The SMILES string of the molecule is O[C@@H]1CC[C@H]2C[C@@H](O)[C@@H]1N2. The number of fused-ring (bicyclic) bond motifs is 2. The molecule has 3 heteroatoms. The Hall–Kier alpha value is -0.120. The number of piperidine rings is 1. The van der Waals surface area contributed by atoms with E-state index in [9.17, 15) is 10.2 Å². The minimum Gasteiger partial charge on any atom is -0.391 e. The van der Waals surface area contributed by atoms with Crippen molar-refractivity contribution in [2.75, 3.05) is 0 Å². The van der Waals surface area contributed by atoms with Gasteiger partial charge in [0.1, 0.15) is 0 Å². The van der Waals surface area contributed by atoms with Crippen molar-refractivity contribution in [2.45, 2.75) is 43.6 Å². The highest BCUT2D eigenvalue weighted by molar-refractivity contribution is 4.99. The number of aliphatic hydroxyl groups is 2. The van der Waals surface area contributed by atoms with Crippen LogP contribution in [0.4, 0.5) is 0 Å². The largest absolute Gasteiger partial charge is 0.391 e. The predicted molar refractivity (Wildman–Crippen MR) is 36.6 cm³/mol. The van der Waals surface area contributed by atoms with Crippen LogP contribution in [0.2, 0.25) is 0 Å². The Kier molecular flexibility index (Phi) is 1.44. The number of aliphatic hydroxyl groups excluding tert-OH is 2. The van der Waals surface area contributed by atoms with Crippen LogP contribution in [0.5, 0.6) is 0 Å². The summed E-state index contributed by atoms with van der Waals surface area (Å²) in [5.74, 6) is 0. The smallest absolute Gasteiger partial charge is 0.0733 e. The topological polar surface area (TPSA) is 52.5 Å². The van der Waals surface area contributed by atoms with E-state index in [0.29, 0.717) is 6.04 Å². The molecule has 0 spiro atoms. The molecule has 0 aromatic rings. The van der Waals surface area contributed by atoms with Gasteiger partial charge in [-0.05, 0) is 19.3 Å². The van der Waals surface area contributed by atoms with Gasteiger partial charge in [-0.2, -0.15) is 0 Å². The van der Waals surface area contributed by atoms with Crippen LogP contribution in [-0.4, -0.2) is 34.5 Å². The lowest BCUT2D eigenvalue weighted by molar-refractivity contribution is 0.0524. The molecule has 0 aromatic heterocycles. The van der Waals surface area contributed by atoms with Crippen LogP contribution >= 0.6 is 0 Å². The summed E-state index contributed by atoms with van der Waals surface area (Å²) >= 11 is 0. The van der Waals surface area contributed by atoms with Gasteiger partial charge >= 0.3 is 0 Å². The van der Waals surface area contributed by atoms with Crippen molar-refractivity contribution in [1.82, 2.24) is 5.32 Å². The molecule has 0 aliphatic carbocycles. The summed E-state index contributed by atoms with van der Waals surface area (Å²) in [4.78, 5) is 0. The zero-order chi connectivity index (χ0) is 7.14. The summed E-state index contributed by atoms with van der Waals surface area (Å²) in [5, 5.41) is 21.9. The Balaban J connectivity index is 2.10. The minimum absolute atomic E-state index is 0.0428. The van der Waals surface area contributed by atoms with Crippen molar-refractivity contribution in [3.8, 4) is 0 Å². The fourth-order valence-electron chi connectivity index (χ4n) is 2.01. The highest BCUT2D eigenvalue weighted by atomic mass is 16.3. The second kappa shape index (κ2) is 2.19. The average Bonchev–Trinajstić information content (AvgIpc) is 2.21. The molecule has 0 radical (unpaired) electrons. The summed E-state index contributed by atoms with van der Waals surface area (Å²) in [5.41, 5.74) is 0. The summed E-state index contributed by atoms with van der Waals surface area (Å²) in [6.07, 6.45) is 2.03. The van der Waals surface area contributed by atoms with Gasteiger partial charge < -0.3 is 15.5 Å². The fraction of sp³-hybridized carbons (Fsp3) is 1.00.